The first-order valence-electron chi connectivity index (χ1n) is 5.24. The fraction of sp³-hybridized carbons (Fsp3) is 0.364. The molecule has 0 aromatic carbocycles. The van der Waals surface area contributed by atoms with Gasteiger partial charge < -0.3 is 10.4 Å². The van der Waals surface area contributed by atoms with Crippen LogP contribution in [-0.2, 0) is 16.0 Å². The van der Waals surface area contributed by atoms with Crippen molar-refractivity contribution in [3.63, 3.8) is 0 Å². The Balaban J connectivity index is 2.51. The van der Waals surface area contributed by atoms with Crippen molar-refractivity contribution in [2.75, 3.05) is 6.54 Å². The predicted octanol–water partition coefficient (Wildman–Crippen LogP) is 1.55. The Bertz CT molecular complexity index is 445. The Hall–Kier alpha value is -1.34. The van der Waals surface area contributed by atoms with Crippen LogP contribution in [0.4, 0.5) is 0 Å². The number of rotatable bonds is 7. The van der Waals surface area contributed by atoms with Gasteiger partial charge >= 0.3 is 5.97 Å². The van der Waals surface area contributed by atoms with Crippen LogP contribution in [0.1, 0.15) is 12.6 Å². The number of hydrogen-bond acceptors (Lipinski definition) is 5. The second kappa shape index (κ2) is 7.17. The molecular weight excluding hydrogens is 272 g/mol. The highest BCUT2D eigenvalue weighted by atomic mass is 32.2. The molecule has 1 unspecified atom stereocenters. The third-order valence-electron chi connectivity index (χ3n) is 1.93. The van der Waals surface area contributed by atoms with Gasteiger partial charge in [-0.25, -0.2) is 4.98 Å². The Morgan fingerprint density at radius 3 is 3.06 bits per heavy atom. The summed E-state index contributed by atoms with van der Waals surface area (Å²) in [5.41, 5.74) is 0.522. The molecule has 0 aliphatic rings. The molecule has 98 valence electrons. The molecule has 0 aliphatic heterocycles. The van der Waals surface area contributed by atoms with E-state index >= 15 is 0 Å². The first kappa shape index (κ1) is 14.7. The molecule has 1 atom stereocenters. The van der Waals surface area contributed by atoms with Gasteiger partial charge in [0.2, 0.25) is 5.91 Å². The van der Waals surface area contributed by atoms with Crippen molar-refractivity contribution in [2.45, 2.75) is 22.9 Å². The molecule has 0 bridgehead atoms. The third-order valence-corrected chi connectivity index (χ3v) is 4.05. The number of nitrogens with zero attached hydrogens (tertiary/aromatic N) is 1. The molecule has 5 nitrogen and oxygen atoms in total. The zero-order valence-corrected chi connectivity index (χ0v) is 11.5. The van der Waals surface area contributed by atoms with Crippen LogP contribution in [-0.4, -0.2) is 33.8 Å². The fourth-order valence-electron chi connectivity index (χ4n) is 1.10. The molecular formula is C11H14N2O3S2. The minimum Gasteiger partial charge on any atom is -0.481 e. The second-order valence-electron chi connectivity index (χ2n) is 3.47. The predicted molar refractivity (Wildman–Crippen MR) is 72.0 cm³/mol. The number of amides is 1. The summed E-state index contributed by atoms with van der Waals surface area (Å²) in [6, 6.07) is 0. The van der Waals surface area contributed by atoms with E-state index in [2.05, 4.69) is 16.9 Å². The van der Waals surface area contributed by atoms with Gasteiger partial charge in [-0.15, -0.1) is 17.9 Å². The van der Waals surface area contributed by atoms with Crippen LogP contribution in [0.3, 0.4) is 0 Å². The molecule has 1 aromatic heterocycles. The maximum atomic E-state index is 11.6. The molecule has 1 heterocycles. The molecule has 0 saturated heterocycles. The summed E-state index contributed by atoms with van der Waals surface area (Å²) < 4.78 is 0.701. The van der Waals surface area contributed by atoms with Crippen molar-refractivity contribution in [2.24, 2.45) is 0 Å². The number of thiazole rings is 1. The number of carboxylic acid groups (broad SMARTS) is 1. The standard InChI is InChI=1S/C11H14N2O3S2/c1-3-4-12-10(16)7(2)18-11-13-8(6-17-11)5-9(14)15/h3,6-7H,1,4-5H2,2H3,(H,12,16)(H,14,15). The monoisotopic (exact) mass is 286 g/mol. The number of nitrogens with one attached hydrogen (secondary N) is 1. The summed E-state index contributed by atoms with van der Waals surface area (Å²) >= 11 is 2.67. The highest BCUT2D eigenvalue weighted by Crippen LogP contribution is 2.26. The lowest BCUT2D eigenvalue weighted by molar-refractivity contribution is -0.136. The van der Waals surface area contributed by atoms with E-state index in [0.717, 1.165) is 0 Å². The number of carbonyl (C=O) groups excluding carboxylic acids is 1. The zero-order chi connectivity index (χ0) is 13.5. The van der Waals surface area contributed by atoms with E-state index in [1.165, 1.54) is 23.1 Å². The number of thioether (sulfide) groups is 1. The van der Waals surface area contributed by atoms with Gasteiger partial charge in [0.25, 0.3) is 0 Å². The number of carboxylic acids is 1. The van der Waals surface area contributed by atoms with Crippen molar-refractivity contribution in [1.29, 1.82) is 0 Å². The average molecular weight is 286 g/mol. The molecule has 0 radical (unpaired) electrons. The van der Waals surface area contributed by atoms with E-state index in [4.69, 9.17) is 5.11 Å². The molecule has 2 N–H and O–H groups in total. The lowest BCUT2D eigenvalue weighted by atomic mass is 10.3. The van der Waals surface area contributed by atoms with Crippen LogP contribution in [0.2, 0.25) is 0 Å². The van der Waals surface area contributed by atoms with Crippen LogP contribution in [0.15, 0.2) is 22.4 Å². The zero-order valence-electron chi connectivity index (χ0n) is 9.88. The van der Waals surface area contributed by atoms with Crippen molar-refractivity contribution in [3.05, 3.63) is 23.7 Å². The molecule has 0 saturated carbocycles. The van der Waals surface area contributed by atoms with Crippen molar-refractivity contribution >= 4 is 35.0 Å². The fourth-order valence-corrected chi connectivity index (χ4v) is 3.11. The van der Waals surface area contributed by atoms with Crippen LogP contribution >= 0.6 is 23.1 Å². The lowest BCUT2D eigenvalue weighted by Gasteiger charge is -2.08. The van der Waals surface area contributed by atoms with Gasteiger partial charge in [-0.05, 0) is 6.92 Å². The van der Waals surface area contributed by atoms with E-state index in [1.807, 2.05) is 0 Å². The topological polar surface area (TPSA) is 79.3 Å². The summed E-state index contributed by atoms with van der Waals surface area (Å²) in [4.78, 5) is 26.3. The smallest absolute Gasteiger partial charge is 0.309 e. The molecule has 1 aromatic rings. The van der Waals surface area contributed by atoms with Gasteiger partial charge in [-0.1, -0.05) is 17.8 Å². The van der Waals surface area contributed by atoms with Gasteiger partial charge in [0.05, 0.1) is 17.4 Å². The Labute approximate surface area is 113 Å². The SMILES string of the molecule is C=CCNC(=O)C(C)Sc1nc(CC(=O)O)cs1. The van der Waals surface area contributed by atoms with E-state index < -0.39 is 5.97 Å². The number of hydrogen-bond donors (Lipinski definition) is 2. The number of aliphatic carboxylic acids is 1. The van der Waals surface area contributed by atoms with E-state index in [1.54, 1.807) is 18.4 Å². The minimum absolute atomic E-state index is 0.0881. The van der Waals surface area contributed by atoms with Gasteiger partial charge in [-0.3, -0.25) is 9.59 Å². The van der Waals surface area contributed by atoms with Crippen LogP contribution in [0, 0.1) is 0 Å². The van der Waals surface area contributed by atoms with Crippen molar-refractivity contribution in [3.8, 4) is 0 Å². The largest absolute Gasteiger partial charge is 0.481 e. The van der Waals surface area contributed by atoms with Crippen molar-refractivity contribution in [1.82, 2.24) is 10.3 Å². The quantitative estimate of drug-likeness (QED) is 0.587. The van der Waals surface area contributed by atoms with Crippen LogP contribution in [0.25, 0.3) is 0 Å². The first-order valence-corrected chi connectivity index (χ1v) is 7.00. The average Bonchev–Trinajstić information content (AvgIpc) is 2.72. The van der Waals surface area contributed by atoms with Gasteiger partial charge in [0.1, 0.15) is 0 Å². The highest BCUT2D eigenvalue weighted by Gasteiger charge is 2.16. The maximum Gasteiger partial charge on any atom is 0.309 e. The molecule has 7 heteroatoms. The van der Waals surface area contributed by atoms with Gasteiger partial charge in [0.15, 0.2) is 4.34 Å². The summed E-state index contributed by atoms with van der Waals surface area (Å²) in [5, 5.41) is 12.8. The second-order valence-corrected chi connectivity index (χ2v) is 5.92. The van der Waals surface area contributed by atoms with Gasteiger partial charge in [0, 0.05) is 11.9 Å². The molecule has 18 heavy (non-hydrogen) atoms. The third kappa shape index (κ3) is 4.89. The van der Waals surface area contributed by atoms with Crippen molar-refractivity contribution < 1.29 is 14.7 Å². The first-order chi connectivity index (χ1) is 8.52. The molecule has 1 amide bonds. The summed E-state index contributed by atoms with van der Waals surface area (Å²) in [5.74, 6) is -0.997. The summed E-state index contributed by atoms with van der Waals surface area (Å²) in [7, 11) is 0. The molecule has 0 fully saturated rings. The van der Waals surface area contributed by atoms with E-state index in [0.29, 0.717) is 16.6 Å². The van der Waals surface area contributed by atoms with E-state index in [-0.39, 0.29) is 17.6 Å². The van der Waals surface area contributed by atoms with E-state index in [9.17, 15) is 9.59 Å². The molecule has 1 rings (SSSR count). The Morgan fingerprint density at radius 1 is 1.72 bits per heavy atom. The molecule has 0 spiro atoms. The maximum absolute atomic E-state index is 11.6. The molecule has 0 aliphatic carbocycles. The number of carbonyl (C=O) groups is 2. The summed E-state index contributed by atoms with van der Waals surface area (Å²) in [6.45, 7) is 5.73. The lowest BCUT2D eigenvalue weighted by Crippen LogP contribution is -2.30. The Kier molecular flexibility index (Phi) is 5.87. The van der Waals surface area contributed by atoms with Crippen LogP contribution < -0.4 is 5.32 Å². The Morgan fingerprint density at radius 2 is 2.44 bits per heavy atom. The normalized spacial score (nSPS) is 11.8. The van der Waals surface area contributed by atoms with Gasteiger partial charge in [-0.2, -0.15) is 0 Å². The van der Waals surface area contributed by atoms with Crippen LogP contribution in [0.5, 0.6) is 0 Å². The highest BCUT2D eigenvalue weighted by molar-refractivity contribution is 8.02. The minimum atomic E-state index is -0.909. The number of aromatic nitrogens is 1. The summed E-state index contributed by atoms with van der Waals surface area (Å²) in [6.07, 6.45) is 1.53.